The minimum Gasteiger partial charge on any atom is -0.492 e. The van der Waals surface area contributed by atoms with E-state index in [4.69, 9.17) is 9.84 Å². The molecule has 0 aliphatic heterocycles. The number of carbonyl (C=O) groups is 1. The average molecular weight is 299 g/mol. The summed E-state index contributed by atoms with van der Waals surface area (Å²) in [5.74, 6) is 0.0479. The average Bonchev–Trinajstić information content (AvgIpc) is 2.51. The number of anilines is 1. The van der Waals surface area contributed by atoms with E-state index in [2.05, 4.69) is 0 Å². The van der Waals surface area contributed by atoms with Crippen LogP contribution in [-0.4, -0.2) is 30.8 Å². The minimum atomic E-state index is -0.791. The summed E-state index contributed by atoms with van der Waals surface area (Å²) >= 11 is 0. The summed E-state index contributed by atoms with van der Waals surface area (Å²) in [5, 5.41) is 8.89. The van der Waals surface area contributed by atoms with Crippen molar-refractivity contribution in [1.29, 1.82) is 0 Å². The largest absolute Gasteiger partial charge is 0.492 e. The second-order valence-corrected chi connectivity index (χ2v) is 5.13. The molecular weight excluding hydrogens is 278 g/mol. The molecule has 1 N–H and O–H groups in total. The number of aryl methyl sites for hydroxylation is 1. The molecule has 0 fully saturated rings. The van der Waals surface area contributed by atoms with Gasteiger partial charge >= 0.3 is 5.97 Å². The molecule has 0 aliphatic rings. The molecule has 0 atom stereocenters. The van der Waals surface area contributed by atoms with Crippen molar-refractivity contribution in [3.63, 3.8) is 0 Å². The van der Waals surface area contributed by atoms with E-state index in [0.717, 1.165) is 17.0 Å². The Kier molecular flexibility index (Phi) is 5.83. The van der Waals surface area contributed by atoms with E-state index in [9.17, 15) is 4.79 Å². The SMILES string of the molecule is Cc1cccc(OCCN(CCC(=O)O)c2ccccc2)c1. The van der Waals surface area contributed by atoms with Crippen LogP contribution in [0.2, 0.25) is 0 Å². The van der Waals surface area contributed by atoms with E-state index in [1.807, 2.05) is 66.4 Å². The highest BCUT2D eigenvalue weighted by Gasteiger charge is 2.08. The van der Waals surface area contributed by atoms with Crippen molar-refractivity contribution >= 4 is 11.7 Å². The molecule has 0 radical (unpaired) electrons. The molecular formula is C18H21NO3. The van der Waals surface area contributed by atoms with Crippen molar-refractivity contribution in [2.24, 2.45) is 0 Å². The zero-order valence-corrected chi connectivity index (χ0v) is 12.7. The van der Waals surface area contributed by atoms with Gasteiger partial charge < -0.3 is 14.7 Å². The topological polar surface area (TPSA) is 49.8 Å². The van der Waals surface area contributed by atoms with Gasteiger partial charge in [0.2, 0.25) is 0 Å². The van der Waals surface area contributed by atoms with Crippen LogP contribution in [0.15, 0.2) is 54.6 Å². The Morgan fingerprint density at radius 1 is 1.09 bits per heavy atom. The third kappa shape index (κ3) is 5.13. The maximum absolute atomic E-state index is 10.8. The molecule has 0 heterocycles. The number of benzene rings is 2. The quantitative estimate of drug-likeness (QED) is 0.812. The van der Waals surface area contributed by atoms with Crippen molar-refractivity contribution in [1.82, 2.24) is 0 Å². The summed E-state index contributed by atoms with van der Waals surface area (Å²) in [7, 11) is 0. The Labute approximate surface area is 131 Å². The lowest BCUT2D eigenvalue weighted by Crippen LogP contribution is -2.30. The van der Waals surface area contributed by atoms with Gasteiger partial charge in [-0.1, -0.05) is 30.3 Å². The predicted molar refractivity (Wildman–Crippen MR) is 87.6 cm³/mol. The van der Waals surface area contributed by atoms with Gasteiger partial charge in [0.25, 0.3) is 0 Å². The molecule has 0 saturated carbocycles. The molecule has 0 amide bonds. The summed E-state index contributed by atoms with van der Waals surface area (Å²) < 4.78 is 5.76. The Morgan fingerprint density at radius 2 is 1.86 bits per heavy atom. The first kappa shape index (κ1) is 15.9. The Bertz CT molecular complexity index is 598. The first-order chi connectivity index (χ1) is 10.6. The van der Waals surface area contributed by atoms with E-state index in [1.165, 1.54) is 0 Å². The number of nitrogens with zero attached hydrogens (tertiary/aromatic N) is 1. The molecule has 2 aromatic carbocycles. The highest BCUT2D eigenvalue weighted by Crippen LogP contribution is 2.15. The van der Waals surface area contributed by atoms with Crippen LogP contribution in [0.3, 0.4) is 0 Å². The third-order valence-corrected chi connectivity index (χ3v) is 3.34. The third-order valence-electron chi connectivity index (χ3n) is 3.34. The first-order valence-electron chi connectivity index (χ1n) is 7.36. The fraction of sp³-hybridized carbons (Fsp3) is 0.278. The van der Waals surface area contributed by atoms with Crippen LogP contribution in [0.5, 0.6) is 5.75 Å². The number of hydrogen-bond acceptors (Lipinski definition) is 3. The lowest BCUT2D eigenvalue weighted by molar-refractivity contribution is -0.136. The summed E-state index contributed by atoms with van der Waals surface area (Å²) in [6, 6.07) is 17.7. The van der Waals surface area contributed by atoms with Crippen LogP contribution in [-0.2, 0) is 4.79 Å². The van der Waals surface area contributed by atoms with Crippen molar-refractivity contribution in [3.05, 3.63) is 60.2 Å². The Morgan fingerprint density at radius 3 is 2.55 bits per heavy atom. The van der Waals surface area contributed by atoms with Gasteiger partial charge in [-0.05, 0) is 36.8 Å². The monoisotopic (exact) mass is 299 g/mol. The highest BCUT2D eigenvalue weighted by molar-refractivity contribution is 5.67. The van der Waals surface area contributed by atoms with Gasteiger partial charge in [0.05, 0.1) is 13.0 Å². The molecule has 0 aliphatic carbocycles. The maximum atomic E-state index is 10.8. The van der Waals surface area contributed by atoms with Gasteiger partial charge in [-0.25, -0.2) is 0 Å². The smallest absolute Gasteiger partial charge is 0.305 e. The van der Waals surface area contributed by atoms with Gasteiger partial charge in [0.1, 0.15) is 12.4 Å². The van der Waals surface area contributed by atoms with Crippen LogP contribution in [0.4, 0.5) is 5.69 Å². The fourth-order valence-corrected chi connectivity index (χ4v) is 2.22. The fourth-order valence-electron chi connectivity index (χ4n) is 2.22. The molecule has 22 heavy (non-hydrogen) atoms. The highest BCUT2D eigenvalue weighted by atomic mass is 16.5. The molecule has 4 heteroatoms. The Balaban J connectivity index is 1.93. The van der Waals surface area contributed by atoms with Crippen molar-refractivity contribution < 1.29 is 14.6 Å². The summed E-state index contributed by atoms with van der Waals surface area (Å²) in [4.78, 5) is 12.8. The zero-order valence-electron chi connectivity index (χ0n) is 12.7. The minimum absolute atomic E-state index is 0.110. The van der Waals surface area contributed by atoms with Crippen molar-refractivity contribution in [2.75, 3.05) is 24.6 Å². The number of carboxylic acids is 1. The lowest BCUT2D eigenvalue weighted by atomic mass is 10.2. The van der Waals surface area contributed by atoms with Gasteiger partial charge in [-0.2, -0.15) is 0 Å². The molecule has 0 spiro atoms. The van der Waals surface area contributed by atoms with Crippen LogP contribution < -0.4 is 9.64 Å². The van der Waals surface area contributed by atoms with Gasteiger partial charge in [0, 0.05) is 12.2 Å². The van der Waals surface area contributed by atoms with Gasteiger partial charge in [-0.3, -0.25) is 4.79 Å². The number of carboxylic acid groups (broad SMARTS) is 1. The lowest BCUT2D eigenvalue weighted by Gasteiger charge is -2.24. The molecule has 2 rings (SSSR count). The summed E-state index contributed by atoms with van der Waals surface area (Å²) in [6.07, 6.45) is 0.110. The number of ether oxygens (including phenoxy) is 1. The molecule has 4 nitrogen and oxygen atoms in total. The molecule has 0 aromatic heterocycles. The number of rotatable bonds is 8. The summed E-state index contributed by atoms with van der Waals surface area (Å²) in [6.45, 7) is 3.65. The van der Waals surface area contributed by atoms with Crippen LogP contribution in [0.1, 0.15) is 12.0 Å². The van der Waals surface area contributed by atoms with E-state index >= 15 is 0 Å². The maximum Gasteiger partial charge on any atom is 0.305 e. The zero-order chi connectivity index (χ0) is 15.8. The standard InChI is InChI=1S/C18H21NO3/c1-15-6-5-9-17(14-15)22-13-12-19(11-10-18(20)21)16-7-3-2-4-8-16/h2-9,14H,10-13H2,1H3,(H,20,21). The van der Waals surface area contributed by atoms with E-state index in [1.54, 1.807) is 0 Å². The number of para-hydroxylation sites is 1. The molecule has 2 aromatic rings. The van der Waals surface area contributed by atoms with Crippen molar-refractivity contribution in [3.8, 4) is 5.75 Å². The summed E-state index contributed by atoms with van der Waals surface area (Å²) in [5.41, 5.74) is 2.17. The van der Waals surface area contributed by atoms with Gasteiger partial charge in [0.15, 0.2) is 0 Å². The van der Waals surface area contributed by atoms with Crippen molar-refractivity contribution in [2.45, 2.75) is 13.3 Å². The normalized spacial score (nSPS) is 10.2. The van der Waals surface area contributed by atoms with E-state index in [0.29, 0.717) is 19.7 Å². The molecule has 0 saturated heterocycles. The number of hydrogen-bond donors (Lipinski definition) is 1. The number of aliphatic carboxylic acids is 1. The first-order valence-corrected chi connectivity index (χ1v) is 7.36. The van der Waals surface area contributed by atoms with E-state index in [-0.39, 0.29) is 6.42 Å². The molecule has 116 valence electrons. The van der Waals surface area contributed by atoms with Gasteiger partial charge in [-0.15, -0.1) is 0 Å². The van der Waals surface area contributed by atoms with E-state index < -0.39 is 5.97 Å². The second-order valence-electron chi connectivity index (χ2n) is 5.13. The van der Waals surface area contributed by atoms with Crippen LogP contribution in [0.25, 0.3) is 0 Å². The molecule has 0 unspecified atom stereocenters. The second kappa shape index (κ2) is 8.08. The predicted octanol–water partition coefficient (Wildman–Crippen LogP) is 3.36. The Hall–Kier alpha value is -2.49. The molecule has 0 bridgehead atoms. The van der Waals surface area contributed by atoms with Crippen LogP contribution >= 0.6 is 0 Å². The van der Waals surface area contributed by atoms with Crippen LogP contribution in [0, 0.1) is 6.92 Å².